The number of hydrogen-bond donors (Lipinski definition) is 1. The largest absolute Gasteiger partial charge is 0.461 e. The second-order valence-corrected chi connectivity index (χ2v) is 12.7. The van der Waals surface area contributed by atoms with Crippen molar-refractivity contribution in [2.75, 3.05) is 13.8 Å². The SMILES string of the molecule is CC[C@H](C)C(=O)O[C@H]1C[C@@H](C)C=C2C=C[C@H](C)[C@H](CC[C@@H]3C[C@H](CC(=O)NC)N(Cc4ccc5c(c4)OCO5)C(=O)O3)[C@H]21. The average molecular weight is 595 g/mol. The highest BCUT2D eigenvalue weighted by Gasteiger charge is 2.43. The number of ether oxygens (including phenoxy) is 4. The molecule has 8 atom stereocenters. The van der Waals surface area contributed by atoms with Crippen LogP contribution in [0.2, 0.25) is 0 Å². The summed E-state index contributed by atoms with van der Waals surface area (Å²) >= 11 is 0. The van der Waals surface area contributed by atoms with E-state index in [1.165, 1.54) is 5.57 Å². The number of cyclic esters (lactones) is 1. The zero-order valence-corrected chi connectivity index (χ0v) is 26.0. The first kappa shape index (κ1) is 31.0. The summed E-state index contributed by atoms with van der Waals surface area (Å²) in [4.78, 5) is 40.4. The summed E-state index contributed by atoms with van der Waals surface area (Å²) in [5, 5.41) is 2.71. The van der Waals surface area contributed by atoms with E-state index in [0.29, 0.717) is 42.7 Å². The Morgan fingerprint density at radius 1 is 1.14 bits per heavy atom. The van der Waals surface area contributed by atoms with Crippen LogP contribution in [0.4, 0.5) is 4.79 Å². The highest BCUT2D eigenvalue weighted by molar-refractivity contribution is 5.78. The lowest BCUT2D eigenvalue weighted by Crippen LogP contribution is -2.50. The normalized spacial score (nSPS) is 30.2. The maximum absolute atomic E-state index is 13.4. The number of fused-ring (bicyclic) bond motifs is 2. The molecule has 9 heteroatoms. The molecule has 2 amide bonds. The Morgan fingerprint density at radius 3 is 2.70 bits per heavy atom. The molecule has 0 saturated carbocycles. The Morgan fingerprint density at radius 2 is 1.93 bits per heavy atom. The predicted molar refractivity (Wildman–Crippen MR) is 161 cm³/mol. The number of allylic oxidation sites excluding steroid dienone is 3. The van der Waals surface area contributed by atoms with E-state index in [1.54, 1.807) is 11.9 Å². The lowest BCUT2D eigenvalue weighted by molar-refractivity contribution is -0.158. The van der Waals surface area contributed by atoms with Crippen molar-refractivity contribution < 1.29 is 33.3 Å². The van der Waals surface area contributed by atoms with Crippen LogP contribution in [0.3, 0.4) is 0 Å². The van der Waals surface area contributed by atoms with Gasteiger partial charge in [-0.3, -0.25) is 9.59 Å². The first-order valence-electron chi connectivity index (χ1n) is 15.8. The molecule has 0 unspecified atom stereocenters. The van der Waals surface area contributed by atoms with Crippen molar-refractivity contribution in [2.24, 2.45) is 29.6 Å². The molecule has 0 bridgehead atoms. The molecule has 234 valence electrons. The molecule has 0 spiro atoms. The van der Waals surface area contributed by atoms with Gasteiger partial charge < -0.3 is 29.2 Å². The van der Waals surface area contributed by atoms with Crippen LogP contribution in [0.1, 0.15) is 71.8 Å². The van der Waals surface area contributed by atoms with Crippen LogP contribution in [0.5, 0.6) is 11.5 Å². The highest BCUT2D eigenvalue weighted by Crippen LogP contribution is 2.45. The van der Waals surface area contributed by atoms with Crippen LogP contribution < -0.4 is 14.8 Å². The van der Waals surface area contributed by atoms with Crippen LogP contribution in [0, 0.1) is 29.6 Å². The zero-order valence-electron chi connectivity index (χ0n) is 26.0. The maximum atomic E-state index is 13.4. The standard InChI is InChI=1S/C34H46N2O7/c1-6-21(3)33(38)43-30-14-20(2)13-24-9-7-22(4)27(32(24)30)11-10-26-16-25(17-31(37)35-5)36(34(39)42-26)18-23-8-12-28-29(15-23)41-19-40-28/h7-9,12-13,15,20-22,25-27,30,32H,6,10-11,14,16-19H2,1-5H3,(H,35,37)/t20-,21-,22-,25+,26+,27-,30-,32-/m0/s1. The third-order valence-corrected chi connectivity index (χ3v) is 9.67. The number of hydrogen-bond acceptors (Lipinski definition) is 7. The Bertz CT molecular complexity index is 1260. The van der Waals surface area contributed by atoms with Crippen molar-refractivity contribution >= 4 is 18.0 Å². The van der Waals surface area contributed by atoms with Gasteiger partial charge in [0.15, 0.2) is 11.5 Å². The third kappa shape index (κ3) is 7.02. The average Bonchev–Trinajstić information content (AvgIpc) is 3.46. The lowest BCUT2D eigenvalue weighted by atomic mass is 9.65. The van der Waals surface area contributed by atoms with Crippen LogP contribution in [-0.2, 0) is 25.6 Å². The van der Waals surface area contributed by atoms with Gasteiger partial charge in [0.1, 0.15) is 12.2 Å². The molecule has 9 nitrogen and oxygen atoms in total. The fourth-order valence-electron chi connectivity index (χ4n) is 6.99. The molecule has 4 aliphatic rings. The van der Waals surface area contributed by atoms with Crippen molar-refractivity contribution in [2.45, 2.75) is 91.0 Å². The fourth-order valence-corrected chi connectivity index (χ4v) is 6.99. The number of benzene rings is 1. The monoisotopic (exact) mass is 594 g/mol. The third-order valence-electron chi connectivity index (χ3n) is 9.67. The summed E-state index contributed by atoms with van der Waals surface area (Å²) < 4.78 is 23.1. The fraction of sp³-hybridized carbons (Fsp3) is 0.618. The second-order valence-electron chi connectivity index (χ2n) is 12.7. The van der Waals surface area contributed by atoms with E-state index in [9.17, 15) is 14.4 Å². The Balaban J connectivity index is 1.29. The van der Waals surface area contributed by atoms with Gasteiger partial charge in [0.25, 0.3) is 0 Å². The van der Waals surface area contributed by atoms with E-state index < -0.39 is 6.09 Å². The molecular formula is C34H46N2O7. The van der Waals surface area contributed by atoms with Crippen LogP contribution in [0.15, 0.2) is 42.0 Å². The smallest absolute Gasteiger partial charge is 0.410 e. The van der Waals surface area contributed by atoms with Crippen molar-refractivity contribution in [1.82, 2.24) is 10.2 Å². The molecule has 1 fully saturated rings. The second kappa shape index (κ2) is 13.4. The molecule has 2 heterocycles. The molecule has 2 aliphatic carbocycles. The van der Waals surface area contributed by atoms with Gasteiger partial charge in [-0.25, -0.2) is 4.79 Å². The molecule has 1 saturated heterocycles. The van der Waals surface area contributed by atoms with E-state index in [1.807, 2.05) is 32.0 Å². The molecule has 5 rings (SSSR count). The lowest BCUT2D eigenvalue weighted by Gasteiger charge is -2.44. The van der Waals surface area contributed by atoms with Crippen LogP contribution in [-0.4, -0.2) is 55.0 Å². The number of amides is 2. The van der Waals surface area contributed by atoms with Gasteiger partial charge in [-0.15, -0.1) is 0 Å². The van der Waals surface area contributed by atoms with Crippen LogP contribution >= 0.6 is 0 Å². The summed E-state index contributed by atoms with van der Waals surface area (Å²) in [6.07, 6.45) is 9.76. The number of esters is 1. The molecule has 0 aromatic heterocycles. The van der Waals surface area contributed by atoms with Crippen molar-refractivity contribution in [1.29, 1.82) is 0 Å². The first-order valence-corrected chi connectivity index (χ1v) is 15.8. The number of rotatable bonds is 10. The van der Waals surface area contributed by atoms with E-state index in [-0.39, 0.29) is 61.1 Å². The minimum absolute atomic E-state index is 0.114. The van der Waals surface area contributed by atoms with Gasteiger partial charge in [0.2, 0.25) is 12.7 Å². The van der Waals surface area contributed by atoms with Crippen LogP contribution in [0.25, 0.3) is 0 Å². The van der Waals surface area contributed by atoms with E-state index in [4.69, 9.17) is 18.9 Å². The number of nitrogens with one attached hydrogen (secondary N) is 1. The Hall–Kier alpha value is -3.49. The molecule has 1 N–H and O–H groups in total. The van der Waals surface area contributed by atoms with Crippen molar-refractivity contribution in [3.63, 3.8) is 0 Å². The first-order chi connectivity index (χ1) is 20.7. The minimum atomic E-state index is -0.410. The topological polar surface area (TPSA) is 103 Å². The molecule has 43 heavy (non-hydrogen) atoms. The summed E-state index contributed by atoms with van der Waals surface area (Å²) in [6.45, 7) is 8.82. The Kier molecular flexibility index (Phi) is 9.67. The number of carbonyl (C=O) groups is 3. The van der Waals surface area contributed by atoms with E-state index in [2.05, 4.69) is 37.4 Å². The summed E-state index contributed by atoms with van der Waals surface area (Å²) in [5.41, 5.74) is 2.13. The molecule has 1 aromatic rings. The maximum Gasteiger partial charge on any atom is 0.410 e. The van der Waals surface area contributed by atoms with Gasteiger partial charge in [-0.05, 0) is 66.7 Å². The molecule has 2 aliphatic heterocycles. The van der Waals surface area contributed by atoms with E-state index in [0.717, 1.165) is 24.8 Å². The predicted octanol–water partition coefficient (Wildman–Crippen LogP) is 5.77. The minimum Gasteiger partial charge on any atom is -0.461 e. The van der Waals surface area contributed by atoms with Gasteiger partial charge in [0, 0.05) is 38.4 Å². The highest BCUT2D eigenvalue weighted by atomic mass is 16.7. The summed E-state index contributed by atoms with van der Waals surface area (Å²) in [5.74, 6) is 1.97. The summed E-state index contributed by atoms with van der Waals surface area (Å²) in [6, 6.07) is 5.32. The number of carbonyl (C=O) groups excluding carboxylic acids is 3. The van der Waals surface area contributed by atoms with Crippen molar-refractivity contribution in [3.05, 3.63) is 47.6 Å². The number of nitrogens with zero attached hydrogens (tertiary/aromatic N) is 1. The molecular weight excluding hydrogens is 548 g/mol. The quantitative estimate of drug-likeness (QED) is 0.343. The molecule has 0 radical (unpaired) electrons. The summed E-state index contributed by atoms with van der Waals surface area (Å²) in [7, 11) is 1.61. The molecule has 1 aromatic carbocycles. The van der Waals surface area contributed by atoms with Gasteiger partial charge in [-0.1, -0.05) is 52.0 Å². The van der Waals surface area contributed by atoms with Gasteiger partial charge in [-0.2, -0.15) is 0 Å². The van der Waals surface area contributed by atoms with E-state index >= 15 is 0 Å². The Labute approximate surface area is 254 Å². The van der Waals surface area contributed by atoms with Crippen molar-refractivity contribution in [3.8, 4) is 11.5 Å². The van der Waals surface area contributed by atoms with Gasteiger partial charge >= 0.3 is 12.1 Å². The van der Waals surface area contributed by atoms with Gasteiger partial charge in [0.05, 0.1) is 5.92 Å². The zero-order chi connectivity index (χ0) is 30.7.